The van der Waals surface area contributed by atoms with Crippen molar-refractivity contribution in [3.63, 3.8) is 0 Å². The maximum atomic E-state index is 11.4. The Balaban J connectivity index is 2.78. The molecule has 0 aliphatic carbocycles. The summed E-state index contributed by atoms with van der Waals surface area (Å²) in [5.41, 5.74) is 7.77. The molecule has 0 saturated heterocycles. The van der Waals surface area contributed by atoms with Crippen LogP contribution in [0, 0.1) is 18.8 Å². The van der Waals surface area contributed by atoms with E-state index in [1.807, 2.05) is 26.0 Å². The molecule has 18 heavy (non-hydrogen) atoms. The zero-order valence-corrected chi connectivity index (χ0v) is 11.7. The lowest BCUT2D eigenvalue weighted by Crippen LogP contribution is -2.28. The lowest BCUT2D eigenvalue weighted by atomic mass is 9.88. The third-order valence-corrected chi connectivity index (χ3v) is 3.33. The number of carbonyl (C=O) groups is 1. The number of rotatable bonds is 6. The van der Waals surface area contributed by atoms with Crippen LogP contribution in [0.4, 0.5) is 0 Å². The molecular formula is C15H23NO2. The zero-order chi connectivity index (χ0) is 13.7. The summed E-state index contributed by atoms with van der Waals surface area (Å²) in [6.45, 7) is 6.11. The highest BCUT2D eigenvalue weighted by molar-refractivity contribution is 5.76. The molecule has 1 rings (SSSR count). The van der Waals surface area contributed by atoms with Crippen molar-refractivity contribution in [2.75, 3.05) is 7.11 Å². The van der Waals surface area contributed by atoms with Gasteiger partial charge in [0.05, 0.1) is 7.11 Å². The predicted molar refractivity (Wildman–Crippen MR) is 73.6 cm³/mol. The van der Waals surface area contributed by atoms with Gasteiger partial charge in [-0.25, -0.2) is 0 Å². The Bertz CT molecular complexity index is 413. The number of benzene rings is 1. The molecule has 0 bridgehead atoms. The van der Waals surface area contributed by atoms with Gasteiger partial charge in [0.15, 0.2) is 0 Å². The van der Waals surface area contributed by atoms with E-state index in [1.54, 1.807) is 7.11 Å². The van der Waals surface area contributed by atoms with E-state index in [0.717, 1.165) is 24.2 Å². The smallest absolute Gasteiger partial charge is 0.220 e. The van der Waals surface area contributed by atoms with Crippen molar-refractivity contribution in [3.05, 3.63) is 29.3 Å². The zero-order valence-electron chi connectivity index (χ0n) is 11.7. The van der Waals surface area contributed by atoms with Crippen molar-refractivity contribution in [3.8, 4) is 5.75 Å². The molecule has 1 amide bonds. The second-order valence-corrected chi connectivity index (χ2v) is 5.11. The molecule has 0 aromatic heterocycles. The fourth-order valence-corrected chi connectivity index (χ4v) is 2.22. The second kappa shape index (κ2) is 6.43. The topological polar surface area (TPSA) is 52.3 Å². The minimum atomic E-state index is -0.211. The van der Waals surface area contributed by atoms with E-state index in [4.69, 9.17) is 10.5 Å². The number of amides is 1. The van der Waals surface area contributed by atoms with Gasteiger partial charge in [-0.05, 0) is 37.3 Å². The van der Waals surface area contributed by atoms with Gasteiger partial charge in [-0.1, -0.05) is 31.5 Å². The predicted octanol–water partition coefficient (Wildman–Crippen LogP) is 2.69. The highest BCUT2D eigenvalue weighted by atomic mass is 16.5. The third-order valence-electron chi connectivity index (χ3n) is 3.33. The third kappa shape index (κ3) is 3.76. The molecule has 0 fully saturated rings. The molecule has 0 aliphatic heterocycles. The van der Waals surface area contributed by atoms with Crippen molar-refractivity contribution < 1.29 is 9.53 Å². The van der Waals surface area contributed by atoms with Crippen LogP contribution in [-0.4, -0.2) is 13.0 Å². The maximum absolute atomic E-state index is 11.4. The molecule has 1 aromatic rings. The Morgan fingerprint density at radius 3 is 2.56 bits per heavy atom. The van der Waals surface area contributed by atoms with E-state index in [9.17, 15) is 4.79 Å². The number of primary amides is 1. The molecule has 1 unspecified atom stereocenters. The van der Waals surface area contributed by atoms with Crippen LogP contribution in [0.1, 0.15) is 31.4 Å². The average Bonchev–Trinajstić information content (AvgIpc) is 2.28. The fourth-order valence-electron chi connectivity index (χ4n) is 2.22. The summed E-state index contributed by atoms with van der Waals surface area (Å²) in [5.74, 6) is 0.873. The van der Waals surface area contributed by atoms with Gasteiger partial charge in [0.2, 0.25) is 5.91 Å². The van der Waals surface area contributed by atoms with Crippen LogP contribution in [0.25, 0.3) is 0 Å². The standard InChI is InChI=1S/C15H23NO2/c1-10(2)13(15(16)17)7-6-12-9-11(3)5-8-14(12)18-4/h5,8-10,13H,6-7H2,1-4H3,(H2,16,17). The monoisotopic (exact) mass is 249 g/mol. The van der Waals surface area contributed by atoms with Crippen LogP contribution in [0.15, 0.2) is 18.2 Å². The SMILES string of the molecule is COc1ccc(C)cc1CCC(C(N)=O)C(C)C. The molecule has 0 spiro atoms. The molecule has 2 N–H and O–H groups in total. The second-order valence-electron chi connectivity index (χ2n) is 5.11. The Morgan fingerprint density at radius 1 is 1.39 bits per heavy atom. The number of methoxy groups -OCH3 is 1. The summed E-state index contributed by atoms with van der Waals surface area (Å²) < 4.78 is 5.34. The fraction of sp³-hybridized carbons (Fsp3) is 0.533. The summed E-state index contributed by atoms with van der Waals surface area (Å²) in [4.78, 5) is 11.4. The van der Waals surface area contributed by atoms with Gasteiger partial charge < -0.3 is 10.5 Å². The molecular weight excluding hydrogens is 226 g/mol. The Hall–Kier alpha value is -1.51. The maximum Gasteiger partial charge on any atom is 0.220 e. The molecule has 3 heteroatoms. The minimum Gasteiger partial charge on any atom is -0.496 e. The van der Waals surface area contributed by atoms with Crippen LogP contribution in [0.2, 0.25) is 0 Å². The summed E-state index contributed by atoms with van der Waals surface area (Å²) in [6.07, 6.45) is 1.59. The van der Waals surface area contributed by atoms with Crippen molar-refractivity contribution in [1.29, 1.82) is 0 Å². The molecule has 1 aromatic carbocycles. The van der Waals surface area contributed by atoms with E-state index in [1.165, 1.54) is 5.56 Å². The number of aryl methyl sites for hydroxylation is 2. The molecule has 0 saturated carbocycles. The normalized spacial score (nSPS) is 12.5. The van der Waals surface area contributed by atoms with E-state index >= 15 is 0 Å². The Morgan fingerprint density at radius 2 is 2.06 bits per heavy atom. The van der Waals surface area contributed by atoms with Crippen molar-refractivity contribution >= 4 is 5.91 Å². The van der Waals surface area contributed by atoms with Gasteiger partial charge >= 0.3 is 0 Å². The Kier molecular flexibility index (Phi) is 5.20. The van der Waals surface area contributed by atoms with Crippen LogP contribution >= 0.6 is 0 Å². The van der Waals surface area contributed by atoms with Crippen molar-refractivity contribution in [2.24, 2.45) is 17.6 Å². The van der Waals surface area contributed by atoms with E-state index in [2.05, 4.69) is 13.0 Å². The minimum absolute atomic E-state index is 0.0739. The Labute approximate surface area is 109 Å². The summed E-state index contributed by atoms with van der Waals surface area (Å²) in [7, 11) is 1.67. The summed E-state index contributed by atoms with van der Waals surface area (Å²) in [6, 6.07) is 6.10. The lowest BCUT2D eigenvalue weighted by Gasteiger charge is -2.18. The number of carbonyl (C=O) groups excluding carboxylic acids is 1. The van der Waals surface area contributed by atoms with Crippen LogP contribution in [0.3, 0.4) is 0 Å². The first-order chi connectivity index (χ1) is 8.45. The number of hydrogen-bond acceptors (Lipinski definition) is 2. The quantitative estimate of drug-likeness (QED) is 0.842. The van der Waals surface area contributed by atoms with Crippen molar-refractivity contribution in [2.45, 2.75) is 33.6 Å². The van der Waals surface area contributed by atoms with Crippen LogP contribution < -0.4 is 10.5 Å². The number of ether oxygens (including phenoxy) is 1. The molecule has 0 heterocycles. The van der Waals surface area contributed by atoms with E-state index in [0.29, 0.717) is 0 Å². The highest BCUT2D eigenvalue weighted by Crippen LogP contribution is 2.24. The van der Waals surface area contributed by atoms with Gasteiger partial charge in [-0.15, -0.1) is 0 Å². The largest absolute Gasteiger partial charge is 0.496 e. The highest BCUT2D eigenvalue weighted by Gasteiger charge is 2.19. The van der Waals surface area contributed by atoms with Gasteiger partial charge in [0, 0.05) is 5.92 Å². The van der Waals surface area contributed by atoms with Gasteiger partial charge in [0.1, 0.15) is 5.75 Å². The lowest BCUT2D eigenvalue weighted by molar-refractivity contribution is -0.123. The summed E-state index contributed by atoms with van der Waals surface area (Å²) >= 11 is 0. The molecule has 0 aliphatic rings. The molecule has 0 radical (unpaired) electrons. The molecule has 100 valence electrons. The van der Waals surface area contributed by atoms with Gasteiger partial charge in [-0.2, -0.15) is 0 Å². The van der Waals surface area contributed by atoms with Gasteiger partial charge in [0.25, 0.3) is 0 Å². The van der Waals surface area contributed by atoms with E-state index < -0.39 is 0 Å². The molecule has 1 atom stereocenters. The van der Waals surface area contributed by atoms with Gasteiger partial charge in [-0.3, -0.25) is 4.79 Å². The number of hydrogen-bond donors (Lipinski definition) is 1. The number of nitrogens with two attached hydrogens (primary N) is 1. The first-order valence-corrected chi connectivity index (χ1v) is 6.38. The first-order valence-electron chi connectivity index (χ1n) is 6.38. The van der Waals surface area contributed by atoms with E-state index in [-0.39, 0.29) is 17.7 Å². The van der Waals surface area contributed by atoms with Crippen molar-refractivity contribution in [1.82, 2.24) is 0 Å². The van der Waals surface area contributed by atoms with Crippen LogP contribution in [0.5, 0.6) is 5.75 Å². The average molecular weight is 249 g/mol. The first kappa shape index (κ1) is 14.6. The summed E-state index contributed by atoms with van der Waals surface area (Å²) in [5, 5.41) is 0. The van der Waals surface area contributed by atoms with Crippen LogP contribution in [-0.2, 0) is 11.2 Å². The molecule has 3 nitrogen and oxygen atoms in total.